The molecule has 0 aliphatic rings. The van der Waals surface area contributed by atoms with Crippen molar-refractivity contribution in [2.24, 2.45) is 0 Å². The summed E-state index contributed by atoms with van der Waals surface area (Å²) >= 11 is 5.77. The van der Waals surface area contributed by atoms with Gasteiger partial charge in [0, 0.05) is 10.6 Å². The van der Waals surface area contributed by atoms with E-state index in [1.54, 1.807) is 31.2 Å². The Morgan fingerprint density at radius 3 is 2.50 bits per heavy atom. The first-order valence-corrected chi connectivity index (χ1v) is 5.56. The predicted molar refractivity (Wildman–Crippen MR) is 63.7 cm³/mol. The van der Waals surface area contributed by atoms with Gasteiger partial charge in [0.15, 0.2) is 0 Å². The molecule has 2 aromatic heterocycles. The van der Waals surface area contributed by atoms with Crippen LogP contribution in [0.4, 0.5) is 0 Å². The fraction of sp³-hybridized carbons (Fsp3) is 0.0833. The monoisotopic (exact) mass is 262 g/mol. The number of aryl methyl sites for hydroxylation is 1. The van der Waals surface area contributed by atoms with Gasteiger partial charge in [-0.2, -0.15) is 0 Å². The first-order chi connectivity index (χ1) is 8.66. The van der Waals surface area contributed by atoms with Crippen LogP contribution < -0.4 is 0 Å². The topological polar surface area (TPSA) is 69.1 Å². The minimum Gasteiger partial charge on any atom is -0.350 e. The largest absolute Gasteiger partial charge is 0.350 e. The van der Waals surface area contributed by atoms with E-state index in [9.17, 15) is 4.79 Å². The van der Waals surface area contributed by atoms with Gasteiger partial charge in [0.05, 0.1) is 0 Å². The molecule has 90 valence electrons. The van der Waals surface area contributed by atoms with Crippen LogP contribution >= 0.6 is 11.6 Å². The highest BCUT2D eigenvalue weighted by molar-refractivity contribution is 6.30. The standard InChI is InChI=1S/C12H7ClN2O3/c1-6-11-12(18-14-6)9(15-17-11)10(16)7-2-4-8(13)5-3-7/h2-5H,1H3. The summed E-state index contributed by atoms with van der Waals surface area (Å²) < 4.78 is 10.1. The number of hydrogen-bond acceptors (Lipinski definition) is 5. The summed E-state index contributed by atoms with van der Waals surface area (Å²) in [6, 6.07) is 6.51. The van der Waals surface area contributed by atoms with Gasteiger partial charge >= 0.3 is 0 Å². The Kier molecular flexibility index (Phi) is 2.41. The fourth-order valence-electron chi connectivity index (χ4n) is 1.63. The Morgan fingerprint density at radius 1 is 1.11 bits per heavy atom. The van der Waals surface area contributed by atoms with E-state index in [-0.39, 0.29) is 17.1 Å². The predicted octanol–water partition coefficient (Wildman–Crippen LogP) is 3.01. The number of carbonyl (C=O) groups is 1. The quantitative estimate of drug-likeness (QED) is 0.664. The van der Waals surface area contributed by atoms with Crippen LogP contribution in [0.1, 0.15) is 21.7 Å². The second kappa shape index (κ2) is 3.96. The van der Waals surface area contributed by atoms with E-state index in [4.69, 9.17) is 20.6 Å². The zero-order chi connectivity index (χ0) is 12.7. The lowest BCUT2D eigenvalue weighted by atomic mass is 10.1. The Hall–Kier alpha value is -2.14. The number of aromatic nitrogens is 2. The molecule has 3 aromatic rings. The Balaban J connectivity index is 2.09. The van der Waals surface area contributed by atoms with Gasteiger partial charge in [-0.15, -0.1) is 0 Å². The molecule has 0 fully saturated rings. The van der Waals surface area contributed by atoms with Crippen molar-refractivity contribution in [1.82, 2.24) is 10.3 Å². The molecule has 6 heteroatoms. The lowest BCUT2D eigenvalue weighted by Gasteiger charge is -1.96. The van der Waals surface area contributed by atoms with Crippen LogP contribution in [-0.4, -0.2) is 16.1 Å². The van der Waals surface area contributed by atoms with Crippen LogP contribution in [0.2, 0.25) is 5.02 Å². The molecule has 0 saturated heterocycles. The average Bonchev–Trinajstić information content (AvgIpc) is 2.93. The number of fused-ring (bicyclic) bond motifs is 1. The molecule has 1 aromatic carbocycles. The van der Waals surface area contributed by atoms with Crippen molar-refractivity contribution in [2.75, 3.05) is 0 Å². The van der Waals surface area contributed by atoms with E-state index in [2.05, 4.69) is 10.3 Å². The van der Waals surface area contributed by atoms with Gasteiger partial charge in [0.25, 0.3) is 0 Å². The number of hydrogen-bond donors (Lipinski definition) is 0. The summed E-state index contributed by atoms with van der Waals surface area (Å²) in [6.07, 6.45) is 0. The van der Waals surface area contributed by atoms with E-state index in [0.717, 1.165) is 0 Å². The van der Waals surface area contributed by atoms with E-state index < -0.39 is 0 Å². The summed E-state index contributed by atoms with van der Waals surface area (Å²) in [4.78, 5) is 12.2. The van der Waals surface area contributed by atoms with Crippen LogP contribution in [-0.2, 0) is 0 Å². The number of nitrogens with zero attached hydrogens (tertiary/aromatic N) is 2. The molecule has 0 spiro atoms. The Bertz CT molecular complexity index is 727. The lowest BCUT2D eigenvalue weighted by molar-refractivity contribution is 0.103. The van der Waals surface area contributed by atoms with Crippen LogP contribution in [0.5, 0.6) is 0 Å². The van der Waals surface area contributed by atoms with E-state index in [1.165, 1.54) is 0 Å². The van der Waals surface area contributed by atoms with Crippen LogP contribution in [0.25, 0.3) is 11.2 Å². The molecule has 0 radical (unpaired) electrons. The van der Waals surface area contributed by atoms with Crippen molar-refractivity contribution < 1.29 is 13.8 Å². The zero-order valence-electron chi connectivity index (χ0n) is 9.31. The maximum absolute atomic E-state index is 12.2. The third kappa shape index (κ3) is 1.60. The molecular formula is C12H7ClN2O3. The molecule has 0 unspecified atom stereocenters. The van der Waals surface area contributed by atoms with Crippen molar-refractivity contribution in [3.8, 4) is 0 Å². The molecule has 0 bridgehead atoms. The first-order valence-electron chi connectivity index (χ1n) is 5.19. The molecule has 0 aliphatic carbocycles. The maximum Gasteiger partial charge on any atom is 0.238 e. The number of rotatable bonds is 2. The summed E-state index contributed by atoms with van der Waals surface area (Å²) in [5.74, 6) is -0.290. The van der Waals surface area contributed by atoms with E-state index in [1.807, 2.05) is 0 Å². The normalized spacial score (nSPS) is 11.0. The molecule has 0 aliphatic heterocycles. The summed E-state index contributed by atoms with van der Waals surface area (Å²) in [7, 11) is 0. The second-order valence-electron chi connectivity index (χ2n) is 3.79. The highest BCUT2D eigenvalue weighted by Crippen LogP contribution is 2.23. The smallest absolute Gasteiger partial charge is 0.238 e. The SMILES string of the molecule is Cc1noc2c(C(=O)c3ccc(Cl)cc3)noc12. The number of benzene rings is 1. The second-order valence-corrected chi connectivity index (χ2v) is 4.23. The molecule has 0 amide bonds. The molecule has 18 heavy (non-hydrogen) atoms. The number of ketones is 1. The van der Waals surface area contributed by atoms with Crippen molar-refractivity contribution in [1.29, 1.82) is 0 Å². The molecular weight excluding hydrogens is 256 g/mol. The third-order valence-corrected chi connectivity index (χ3v) is 2.83. The van der Waals surface area contributed by atoms with Gasteiger partial charge in [-0.1, -0.05) is 21.9 Å². The van der Waals surface area contributed by atoms with Crippen LogP contribution in [0, 0.1) is 6.92 Å². The fourth-order valence-corrected chi connectivity index (χ4v) is 1.76. The summed E-state index contributed by atoms with van der Waals surface area (Å²) in [6.45, 7) is 1.72. The van der Waals surface area contributed by atoms with Crippen molar-refractivity contribution in [3.05, 3.63) is 46.2 Å². The highest BCUT2D eigenvalue weighted by atomic mass is 35.5. The van der Waals surface area contributed by atoms with Gasteiger partial charge in [0.1, 0.15) is 5.69 Å². The van der Waals surface area contributed by atoms with Crippen LogP contribution in [0.15, 0.2) is 33.3 Å². The van der Waals surface area contributed by atoms with Crippen molar-refractivity contribution >= 4 is 28.6 Å². The van der Waals surface area contributed by atoms with Gasteiger partial charge in [-0.3, -0.25) is 4.79 Å². The highest BCUT2D eigenvalue weighted by Gasteiger charge is 2.23. The molecule has 3 rings (SSSR count). The molecule has 0 saturated carbocycles. The van der Waals surface area contributed by atoms with Gasteiger partial charge < -0.3 is 9.05 Å². The van der Waals surface area contributed by atoms with Crippen LogP contribution in [0.3, 0.4) is 0 Å². The van der Waals surface area contributed by atoms with Gasteiger partial charge in [0.2, 0.25) is 22.6 Å². The zero-order valence-corrected chi connectivity index (χ0v) is 10.1. The third-order valence-electron chi connectivity index (χ3n) is 2.57. The van der Waals surface area contributed by atoms with E-state index >= 15 is 0 Å². The Morgan fingerprint density at radius 2 is 1.78 bits per heavy atom. The molecule has 5 nitrogen and oxygen atoms in total. The summed E-state index contributed by atoms with van der Waals surface area (Å²) in [5, 5.41) is 8.01. The average molecular weight is 263 g/mol. The van der Waals surface area contributed by atoms with Crippen molar-refractivity contribution in [3.63, 3.8) is 0 Å². The van der Waals surface area contributed by atoms with Gasteiger partial charge in [-0.05, 0) is 31.2 Å². The van der Waals surface area contributed by atoms with E-state index in [0.29, 0.717) is 21.9 Å². The first kappa shape index (κ1) is 11.0. The lowest BCUT2D eigenvalue weighted by Crippen LogP contribution is -2.01. The minimum absolute atomic E-state index is 0.118. The minimum atomic E-state index is -0.290. The molecule has 2 heterocycles. The maximum atomic E-state index is 12.2. The molecule has 0 atom stereocenters. The molecule has 0 N–H and O–H groups in total. The summed E-state index contributed by atoms with van der Waals surface area (Å²) in [5.41, 5.74) is 1.81. The van der Waals surface area contributed by atoms with Gasteiger partial charge in [-0.25, -0.2) is 0 Å². The number of halogens is 1. The number of carbonyl (C=O) groups excluding carboxylic acids is 1. The van der Waals surface area contributed by atoms with Crippen molar-refractivity contribution in [2.45, 2.75) is 6.92 Å². The Labute approximate surface area is 106 Å².